The van der Waals surface area contributed by atoms with Gasteiger partial charge in [-0.2, -0.15) is 0 Å². The van der Waals surface area contributed by atoms with Crippen LogP contribution in [0.5, 0.6) is 0 Å². The molecule has 3 rings (SSSR count). The quantitative estimate of drug-likeness (QED) is 0.826. The molecular formula is C18H28N2O. The van der Waals surface area contributed by atoms with Gasteiger partial charge in [0.25, 0.3) is 0 Å². The van der Waals surface area contributed by atoms with Crippen LogP contribution in [0.3, 0.4) is 0 Å². The summed E-state index contributed by atoms with van der Waals surface area (Å²) in [6.45, 7) is 8.23. The summed E-state index contributed by atoms with van der Waals surface area (Å²) >= 11 is 0. The van der Waals surface area contributed by atoms with Crippen molar-refractivity contribution in [2.45, 2.75) is 31.9 Å². The molecule has 0 N–H and O–H groups in total. The number of likely N-dealkylation sites (N-methyl/N-ethyl adjacent to an activating group) is 1. The number of rotatable bonds is 5. The van der Waals surface area contributed by atoms with Gasteiger partial charge in [-0.1, -0.05) is 37.3 Å². The van der Waals surface area contributed by atoms with Crippen LogP contribution < -0.4 is 0 Å². The average molecular weight is 288 g/mol. The fourth-order valence-corrected chi connectivity index (χ4v) is 4.06. The second-order valence-corrected chi connectivity index (χ2v) is 6.42. The Morgan fingerprint density at radius 3 is 2.71 bits per heavy atom. The van der Waals surface area contributed by atoms with Crippen LogP contribution in [0.15, 0.2) is 30.3 Å². The largest absolute Gasteiger partial charge is 0.381 e. The van der Waals surface area contributed by atoms with Crippen molar-refractivity contribution in [3.63, 3.8) is 0 Å². The van der Waals surface area contributed by atoms with Gasteiger partial charge in [0, 0.05) is 45.2 Å². The summed E-state index contributed by atoms with van der Waals surface area (Å²) in [5.41, 5.74) is 1.45. The van der Waals surface area contributed by atoms with Crippen LogP contribution in [-0.2, 0) is 11.2 Å². The molecule has 0 unspecified atom stereocenters. The Morgan fingerprint density at radius 1 is 1.19 bits per heavy atom. The maximum Gasteiger partial charge on any atom is 0.0639 e. The van der Waals surface area contributed by atoms with Crippen molar-refractivity contribution in [1.82, 2.24) is 9.80 Å². The first kappa shape index (κ1) is 15.0. The highest BCUT2D eigenvalue weighted by Gasteiger charge is 2.43. The van der Waals surface area contributed by atoms with E-state index < -0.39 is 0 Å². The van der Waals surface area contributed by atoms with Gasteiger partial charge in [0.05, 0.1) is 6.10 Å². The molecule has 2 saturated heterocycles. The average Bonchev–Trinajstić information content (AvgIpc) is 2.98. The molecule has 2 fully saturated rings. The van der Waals surface area contributed by atoms with Gasteiger partial charge in [-0.05, 0) is 24.9 Å². The molecule has 2 aliphatic heterocycles. The van der Waals surface area contributed by atoms with E-state index in [1.165, 1.54) is 38.2 Å². The van der Waals surface area contributed by atoms with Gasteiger partial charge in [0.2, 0.25) is 0 Å². The topological polar surface area (TPSA) is 15.7 Å². The zero-order valence-corrected chi connectivity index (χ0v) is 13.4. The van der Waals surface area contributed by atoms with E-state index in [-0.39, 0.29) is 0 Å². The van der Waals surface area contributed by atoms with Crippen LogP contribution in [0, 0.1) is 5.92 Å². The monoisotopic (exact) mass is 288 g/mol. The lowest BCUT2D eigenvalue weighted by Crippen LogP contribution is -2.51. The van der Waals surface area contributed by atoms with Crippen LogP contribution >= 0.6 is 0 Å². The summed E-state index contributed by atoms with van der Waals surface area (Å²) in [6, 6.07) is 11.6. The number of piperidine rings is 1. The zero-order valence-electron chi connectivity index (χ0n) is 13.4. The molecule has 3 heteroatoms. The molecule has 0 aliphatic carbocycles. The van der Waals surface area contributed by atoms with Gasteiger partial charge in [0.1, 0.15) is 0 Å². The van der Waals surface area contributed by atoms with Gasteiger partial charge >= 0.3 is 0 Å². The van der Waals surface area contributed by atoms with Crippen molar-refractivity contribution < 1.29 is 4.74 Å². The lowest BCUT2D eigenvalue weighted by atomic mass is 9.88. The third-order valence-electron chi connectivity index (χ3n) is 5.34. The number of benzene rings is 1. The van der Waals surface area contributed by atoms with E-state index in [9.17, 15) is 0 Å². The van der Waals surface area contributed by atoms with E-state index >= 15 is 0 Å². The Morgan fingerprint density at radius 2 is 2.00 bits per heavy atom. The van der Waals surface area contributed by atoms with Crippen molar-refractivity contribution in [2.75, 3.05) is 39.8 Å². The third kappa shape index (κ3) is 3.31. The summed E-state index contributed by atoms with van der Waals surface area (Å²) in [7, 11) is 1.88. The minimum absolute atomic E-state index is 0.458. The molecule has 3 atom stereocenters. The smallest absolute Gasteiger partial charge is 0.0639 e. The van der Waals surface area contributed by atoms with Crippen molar-refractivity contribution in [3.8, 4) is 0 Å². The van der Waals surface area contributed by atoms with E-state index in [0.29, 0.717) is 18.1 Å². The fourth-order valence-electron chi connectivity index (χ4n) is 4.06. The number of likely N-dealkylation sites (tertiary alicyclic amines) is 2. The van der Waals surface area contributed by atoms with Crippen molar-refractivity contribution in [2.24, 2.45) is 5.92 Å². The van der Waals surface area contributed by atoms with Gasteiger partial charge in [-0.25, -0.2) is 0 Å². The first-order valence-corrected chi connectivity index (χ1v) is 8.35. The third-order valence-corrected chi connectivity index (χ3v) is 5.34. The Balaban J connectivity index is 1.63. The van der Waals surface area contributed by atoms with Crippen LogP contribution in [0.1, 0.15) is 18.9 Å². The standard InChI is InChI=1S/C18H28N2O/c1-3-19-13-16-17(14-19)20(12-10-18(16)21-2)11-9-15-7-5-4-6-8-15/h4-8,16-18H,3,9-14H2,1-2H3/t16-,17+,18+/m1/s1. The molecule has 21 heavy (non-hydrogen) atoms. The molecule has 1 aromatic carbocycles. The van der Waals surface area contributed by atoms with Crippen LogP contribution in [0.4, 0.5) is 0 Å². The first-order valence-electron chi connectivity index (χ1n) is 8.35. The molecule has 0 bridgehead atoms. The number of hydrogen-bond acceptors (Lipinski definition) is 3. The molecule has 2 aliphatic rings. The molecule has 0 spiro atoms. The number of nitrogens with zero attached hydrogens (tertiary/aromatic N) is 2. The van der Waals surface area contributed by atoms with Gasteiger partial charge in [-0.3, -0.25) is 4.90 Å². The Bertz CT molecular complexity index is 436. The number of ether oxygens (including phenoxy) is 1. The molecule has 0 saturated carbocycles. The van der Waals surface area contributed by atoms with Crippen molar-refractivity contribution in [1.29, 1.82) is 0 Å². The predicted molar refractivity (Wildman–Crippen MR) is 86.5 cm³/mol. The van der Waals surface area contributed by atoms with Gasteiger partial charge < -0.3 is 9.64 Å². The lowest BCUT2D eigenvalue weighted by molar-refractivity contribution is -0.0212. The van der Waals surface area contributed by atoms with E-state index in [1.54, 1.807) is 0 Å². The van der Waals surface area contributed by atoms with E-state index in [1.807, 2.05) is 7.11 Å². The molecule has 0 radical (unpaired) electrons. The second-order valence-electron chi connectivity index (χ2n) is 6.42. The number of hydrogen-bond donors (Lipinski definition) is 0. The lowest BCUT2D eigenvalue weighted by Gasteiger charge is -2.41. The Hall–Kier alpha value is -0.900. The molecule has 1 aromatic rings. The molecule has 0 aromatic heterocycles. The van der Waals surface area contributed by atoms with E-state index in [0.717, 1.165) is 13.0 Å². The molecule has 0 amide bonds. The maximum absolute atomic E-state index is 5.76. The fraction of sp³-hybridized carbons (Fsp3) is 0.667. The molecular weight excluding hydrogens is 260 g/mol. The zero-order chi connectivity index (χ0) is 14.7. The minimum Gasteiger partial charge on any atom is -0.381 e. The SMILES string of the molecule is CCN1C[C@H]2[C@@H](OC)CCN(CCc3ccccc3)[C@H]2C1. The first-order chi connectivity index (χ1) is 10.3. The maximum atomic E-state index is 5.76. The molecule has 2 heterocycles. The van der Waals surface area contributed by atoms with Gasteiger partial charge in [-0.15, -0.1) is 0 Å². The Kier molecular flexibility index (Phi) is 4.94. The highest BCUT2D eigenvalue weighted by molar-refractivity contribution is 5.15. The second kappa shape index (κ2) is 6.91. The highest BCUT2D eigenvalue weighted by Crippen LogP contribution is 2.32. The minimum atomic E-state index is 0.458. The Labute approximate surface area is 128 Å². The van der Waals surface area contributed by atoms with Crippen molar-refractivity contribution >= 4 is 0 Å². The summed E-state index contributed by atoms with van der Waals surface area (Å²) in [5.74, 6) is 0.694. The van der Waals surface area contributed by atoms with Crippen molar-refractivity contribution in [3.05, 3.63) is 35.9 Å². The highest BCUT2D eigenvalue weighted by atomic mass is 16.5. The van der Waals surface area contributed by atoms with E-state index in [2.05, 4.69) is 47.1 Å². The molecule has 3 nitrogen and oxygen atoms in total. The normalized spacial score (nSPS) is 30.5. The van der Waals surface area contributed by atoms with E-state index in [4.69, 9.17) is 4.74 Å². The predicted octanol–water partition coefficient (Wildman–Crippen LogP) is 2.27. The summed E-state index contributed by atoms with van der Waals surface area (Å²) < 4.78 is 5.76. The summed E-state index contributed by atoms with van der Waals surface area (Å²) in [5, 5.41) is 0. The molecule has 116 valence electrons. The number of fused-ring (bicyclic) bond motifs is 1. The number of methoxy groups -OCH3 is 1. The van der Waals surface area contributed by atoms with Gasteiger partial charge in [0.15, 0.2) is 0 Å². The summed E-state index contributed by atoms with van der Waals surface area (Å²) in [4.78, 5) is 5.30. The van der Waals surface area contributed by atoms with Crippen LogP contribution in [0.25, 0.3) is 0 Å². The summed E-state index contributed by atoms with van der Waals surface area (Å²) in [6.07, 6.45) is 2.80. The van der Waals surface area contributed by atoms with Crippen LogP contribution in [0.2, 0.25) is 0 Å². The van der Waals surface area contributed by atoms with Crippen LogP contribution in [-0.4, -0.2) is 61.8 Å².